The molecular formula is C16H16N2O4. The van der Waals surface area contributed by atoms with Crippen molar-refractivity contribution in [3.8, 4) is 0 Å². The number of carbonyl (C=O) groups is 1. The van der Waals surface area contributed by atoms with E-state index in [1.54, 1.807) is 12.1 Å². The highest BCUT2D eigenvalue weighted by Crippen LogP contribution is 2.18. The Morgan fingerprint density at radius 2 is 2.14 bits per heavy atom. The Bertz CT molecular complexity index is 943. The van der Waals surface area contributed by atoms with Crippen LogP contribution in [0.4, 0.5) is 0 Å². The average molecular weight is 300 g/mol. The van der Waals surface area contributed by atoms with Gasteiger partial charge in [-0.15, -0.1) is 0 Å². The van der Waals surface area contributed by atoms with Crippen molar-refractivity contribution in [2.45, 2.75) is 25.9 Å². The number of rotatable bonds is 2. The van der Waals surface area contributed by atoms with Gasteiger partial charge in [-0.05, 0) is 23.6 Å². The fourth-order valence-corrected chi connectivity index (χ4v) is 2.53. The molecule has 3 rings (SSSR count). The number of nitrogens with zero attached hydrogens (tertiary/aromatic N) is 1. The first kappa shape index (κ1) is 14.5. The molecule has 0 spiro atoms. The van der Waals surface area contributed by atoms with Crippen LogP contribution in [0.5, 0.6) is 0 Å². The molecule has 6 nitrogen and oxygen atoms in total. The summed E-state index contributed by atoms with van der Waals surface area (Å²) in [7, 11) is 0. The maximum absolute atomic E-state index is 12.6. The van der Waals surface area contributed by atoms with Gasteiger partial charge in [-0.25, -0.2) is 4.99 Å². The van der Waals surface area contributed by atoms with E-state index in [1.807, 2.05) is 19.9 Å². The molecule has 2 aromatic rings. The third-order valence-electron chi connectivity index (χ3n) is 3.86. The SMILES string of the molecule is CC(C)c1ccc2oc3c(c(=O)c2c1)=CC(C(=O)O)C(N)N=3. The van der Waals surface area contributed by atoms with Gasteiger partial charge in [-0.1, -0.05) is 26.0 Å². The molecule has 0 radical (unpaired) electrons. The second kappa shape index (κ2) is 5.06. The standard InChI is InChI=1S/C16H16N2O4/c1-7(2)8-3-4-12-9(5-8)13(19)10-6-11(16(20)21)14(17)18-15(10)22-12/h3-7,11,14H,17H2,1-2H3,(H,20,21). The predicted octanol–water partition coefficient (Wildman–Crippen LogP) is 0.316. The number of fused-ring (bicyclic) bond motifs is 2. The lowest BCUT2D eigenvalue weighted by atomic mass is 10.00. The highest BCUT2D eigenvalue weighted by Gasteiger charge is 2.26. The fraction of sp³-hybridized carbons (Fsp3) is 0.312. The Labute approximate surface area is 125 Å². The first-order valence-electron chi connectivity index (χ1n) is 7.03. The molecule has 1 aromatic heterocycles. The van der Waals surface area contributed by atoms with Crippen molar-refractivity contribution in [2.75, 3.05) is 0 Å². The van der Waals surface area contributed by atoms with Crippen molar-refractivity contribution < 1.29 is 14.3 Å². The van der Waals surface area contributed by atoms with E-state index in [0.717, 1.165) is 5.56 Å². The zero-order chi connectivity index (χ0) is 16.0. The minimum Gasteiger partial charge on any atom is -0.481 e. The van der Waals surface area contributed by atoms with Crippen molar-refractivity contribution in [1.82, 2.24) is 0 Å². The maximum atomic E-state index is 12.6. The molecule has 2 heterocycles. The summed E-state index contributed by atoms with van der Waals surface area (Å²) in [6.45, 7) is 4.06. The molecule has 0 saturated carbocycles. The molecule has 0 fully saturated rings. The van der Waals surface area contributed by atoms with Crippen molar-refractivity contribution in [2.24, 2.45) is 16.6 Å². The third kappa shape index (κ3) is 2.21. The molecule has 2 unspecified atom stereocenters. The quantitative estimate of drug-likeness (QED) is 0.830. The largest absolute Gasteiger partial charge is 0.481 e. The minimum atomic E-state index is -1.11. The van der Waals surface area contributed by atoms with Crippen molar-refractivity contribution in [3.05, 3.63) is 44.8 Å². The molecule has 22 heavy (non-hydrogen) atoms. The van der Waals surface area contributed by atoms with Gasteiger partial charge >= 0.3 is 5.97 Å². The van der Waals surface area contributed by atoms with E-state index in [1.165, 1.54) is 6.08 Å². The summed E-state index contributed by atoms with van der Waals surface area (Å²) in [5, 5.41) is 9.75. The summed E-state index contributed by atoms with van der Waals surface area (Å²) < 4.78 is 5.63. The Hall–Kier alpha value is -2.47. The summed E-state index contributed by atoms with van der Waals surface area (Å²) in [5.74, 6) is -1.87. The molecule has 3 N–H and O–H groups in total. The second-order valence-corrected chi connectivity index (χ2v) is 5.71. The molecule has 6 heteroatoms. The Balaban J connectivity index is 2.37. The molecule has 2 atom stereocenters. The van der Waals surface area contributed by atoms with Gasteiger partial charge in [0.1, 0.15) is 17.7 Å². The van der Waals surface area contributed by atoms with Crippen LogP contribution in [-0.4, -0.2) is 17.2 Å². The summed E-state index contributed by atoms with van der Waals surface area (Å²) in [4.78, 5) is 27.8. The van der Waals surface area contributed by atoms with E-state index < -0.39 is 18.1 Å². The number of hydrogen-bond donors (Lipinski definition) is 2. The second-order valence-electron chi connectivity index (χ2n) is 5.71. The summed E-state index contributed by atoms with van der Waals surface area (Å²) in [5.41, 5.74) is 6.97. The molecule has 0 bridgehead atoms. The van der Waals surface area contributed by atoms with Gasteiger partial charge in [0.2, 0.25) is 11.0 Å². The first-order chi connectivity index (χ1) is 10.4. The predicted molar refractivity (Wildman–Crippen MR) is 80.9 cm³/mol. The lowest BCUT2D eigenvalue weighted by Crippen LogP contribution is -2.48. The molecule has 1 aromatic carbocycles. The fourth-order valence-electron chi connectivity index (χ4n) is 2.53. The normalized spacial score (nSPS) is 20.4. The Kier molecular flexibility index (Phi) is 3.33. The van der Waals surface area contributed by atoms with Crippen LogP contribution in [0.3, 0.4) is 0 Å². The minimum absolute atomic E-state index is 0.0970. The molecule has 0 saturated heterocycles. The lowest BCUT2D eigenvalue weighted by molar-refractivity contribution is -0.140. The molecule has 114 valence electrons. The van der Waals surface area contributed by atoms with Crippen LogP contribution in [-0.2, 0) is 4.79 Å². The van der Waals surface area contributed by atoms with E-state index in [0.29, 0.717) is 11.0 Å². The first-order valence-corrected chi connectivity index (χ1v) is 7.03. The number of hydrogen-bond acceptors (Lipinski definition) is 5. The van der Waals surface area contributed by atoms with Gasteiger partial charge in [0.25, 0.3) is 0 Å². The number of carboxylic acids is 1. The molecular weight excluding hydrogens is 284 g/mol. The molecule has 1 aliphatic heterocycles. The number of carboxylic acid groups (broad SMARTS) is 1. The van der Waals surface area contributed by atoms with Crippen molar-refractivity contribution in [3.63, 3.8) is 0 Å². The molecule has 1 aliphatic rings. The van der Waals surface area contributed by atoms with Crippen LogP contribution in [0.2, 0.25) is 0 Å². The highest BCUT2D eigenvalue weighted by atomic mass is 16.4. The van der Waals surface area contributed by atoms with E-state index in [2.05, 4.69) is 4.99 Å². The van der Waals surface area contributed by atoms with Gasteiger partial charge in [-0.2, -0.15) is 0 Å². The van der Waals surface area contributed by atoms with Crippen LogP contribution in [0.1, 0.15) is 25.3 Å². The van der Waals surface area contributed by atoms with Crippen molar-refractivity contribution in [1.29, 1.82) is 0 Å². The smallest absolute Gasteiger partial charge is 0.313 e. The van der Waals surface area contributed by atoms with Crippen LogP contribution >= 0.6 is 0 Å². The van der Waals surface area contributed by atoms with Gasteiger partial charge in [0.15, 0.2) is 0 Å². The van der Waals surface area contributed by atoms with Crippen LogP contribution in [0, 0.1) is 5.92 Å². The van der Waals surface area contributed by atoms with Gasteiger partial charge in [0, 0.05) is 0 Å². The molecule has 0 amide bonds. The zero-order valence-corrected chi connectivity index (χ0v) is 12.2. The van der Waals surface area contributed by atoms with Gasteiger partial charge in [0.05, 0.1) is 10.6 Å². The van der Waals surface area contributed by atoms with Crippen molar-refractivity contribution >= 4 is 23.0 Å². The topological polar surface area (TPSA) is 106 Å². The van der Waals surface area contributed by atoms with Gasteiger partial charge in [-0.3, -0.25) is 9.59 Å². The number of benzene rings is 1. The van der Waals surface area contributed by atoms with Gasteiger partial charge < -0.3 is 15.3 Å². The number of aliphatic carboxylic acids is 1. The number of nitrogens with two attached hydrogens (primary N) is 1. The third-order valence-corrected chi connectivity index (χ3v) is 3.86. The highest BCUT2D eigenvalue weighted by molar-refractivity contribution is 5.80. The van der Waals surface area contributed by atoms with Crippen LogP contribution in [0.25, 0.3) is 17.0 Å². The van der Waals surface area contributed by atoms with E-state index in [4.69, 9.17) is 15.3 Å². The van der Waals surface area contributed by atoms with Crippen LogP contribution in [0.15, 0.2) is 32.4 Å². The van der Waals surface area contributed by atoms with E-state index >= 15 is 0 Å². The Morgan fingerprint density at radius 1 is 1.41 bits per heavy atom. The van der Waals surface area contributed by atoms with E-state index in [9.17, 15) is 9.59 Å². The molecule has 0 aliphatic carbocycles. The van der Waals surface area contributed by atoms with E-state index in [-0.39, 0.29) is 22.1 Å². The Morgan fingerprint density at radius 3 is 2.77 bits per heavy atom. The zero-order valence-electron chi connectivity index (χ0n) is 12.2. The average Bonchev–Trinajstić information content (AvgIpc) is 2.46. The summed E-state index contributed by atoms with van der Waals surface area (Å²) in [6, 6.07) is 5.41. The lowest BCUT2D eigenvalue weighted by Gasteiger charge is -2.15. The summed E-state index contributed by atoms with van der Waals surface area (Å²) in [6.07, 6.45) is 0.378. The monoisotopic (exact) mass is 300 g/mol. The summed E-state index contributed by atoms with van der Waals surface area (Å²) >= 11 is 0. The maximum Gasteiger partial charge on any atom is 0.313 e. The van der Waals surface area contributed by atoms with Crippen LogP contribution < -0.4 is 21.9 Å².